The van der Waals surface area contributed by atoms with Gasteiger partial charge in [0.1, 0.15) is 0 Å². The van der Waals surface area contributed by atoms with Gasteiger partial charge in [-0.3, -0.25) is 4.79 Å². The molecule has 0 aromatic rings. The van der Waals surface area contributed by atoms with E-state index in [0.29, 0.717) is 26.0 Å². The molecule has 0 aromatic carbocycles. The lowest BCUT2D eigenvalue weighted by molar-refractivity contribution is -0.122. The van der Waals surface area contributed by atoms with Gasteiger partial charge in [-0.2, -0.15) is 0 Å². The highest BCUT2D eigenvalue weighted by Gasteiger charge is 2.20. The first kappa shape index (κ1) is 16.4. The molecule has 0 aliphatic rings. The monoisotopic (exact) mass is 245 g/mol. The van der Waals surface area contributed by atoms with E-state index >= 15 is 0 Å². The van der Waals surface area contributed by atoms with Gasteiger partial charge < -0.3 is 15.2 Å². The molecule has 1 atom stereocenters. The number of hydrogen-bond donors (Lipinski definition) is 2. The third kappa shape index (κ3) is 10.3. The maximum absolute atomic E-state index is 11.5. The van der Waals surface area contributed by atoms with E-state index in [1.165, 1.54) is 12.8 Å². The van der Waals surface area contributed by atoms with Crippen LogP contribution in [0.4, 0.5) is 0 Å². The predicted molar refractivity (Wildman–Crippen MR) is 68.9 cm³/mol. The lowest BCUT2D eigenvalue weighted by Crippen LogP contribution is -2.41. The van der Waals surface area contributed by atoms with E-state index in [9.17, 15) is 9.90 Å². The van der Waals surface area contributed by atoms with Crippen molar-refractivity contribution in [3.63, 3.8) is 0 Å². The number of nitrogens with one attached hydrogen (secondary N) is 1. The van der Waals surface area contributed by atoms with Crippen LogP contribution < -0.4 is 5.32 Å². The second-order valence-corrected chi connectivity index (χ2v) is 4.83. The van der Waals surface area contributed by atoms with Gasteiger partial charge in [0, 0.05) is 33.1 Å². The van der Waals surface area contributed by atoms with Crippen molar-refractivity contribution in [2.24, 2.45) is 0 Å². The van der Waals surface area contributed by atoms with Crippen molar-refractivity contribution in [2.75, 3.05) is 20.3 Å². The van der Waals surface area contributed by atoms with Crippen molar-refractivity contribution in [3.8, 4) is 0 Å². The van der Waals surface area contributed by atoms with Gasteiger partial charge in [0.15, 0.2) is 0 Å². The van der Waals surface area contributed by atoms with Crippen molar-refractivity contribution in [2.45, 2.75) is 58.0 Å². The average molecular weight is 245 g/mol. The first-order valence-electron chi connectivity index (χ1n) is 6.50. The first-order valence-corrected chi connectivity index (χ1v) is 6.50. The number of amides is 1. The number of unbranched alkanes of at least 4 members (excludes halogenated alkanes) is 3. The van der Waals surface area contributed by atoms with Gasteiger partial charge in [-0.05, 0) is 13.3 Å². The van der Waals surface area contributed by atoms with Crippen molar-refractivity contribution >= 4 is 5.91 Å². The molecule has 0 aliphatic carbocycles. The molecule has 4 nitrogen and oxygen atoms in total. The number of ether oxygens (including phenoxy) is 1. The summed E-state index contributed by atoms with van der Waals surface area (Å²) < 4.78 is 4.90. The molecule has 0 radical (unpaired) electrons. The number of hydrogen-bond acceptors (Lipinski definition) is 3. The Morgan fingerprint density at radius 1 is 1.35 bits per heavy atom. The summed E-state index contributed by atoms with van der Waals surface area (Å²) in [5.74, 6) is 0.0267. The van der Waals surface area contributed by atoms with Gasteiger partial charge >= 0.3 is 0 Å². The molecule has 0 heterocycles. The highest BCUT2D eigenvalue weighted by atomic mass is 16.5. The summed E-state index contributed by atoms with van der Waals surface area (Å²) in [5, 5.41) is 12.7. The molecule has 0 saturated carbocycles. The molecule has 0 fully saturated rings. The number of carbonyl (C=O) groups is 1. The highest BCUT2D eigenvalue weighted by Crippen LogP contribution is 2.08. The van der Waals surface area contributed by atoms with Crippen LogP contribution in [0.3, 0.4) is 0 Å². The molecular weight excluding hydrogens is 218 g/mol. The van der Waals surface area contributed by atoms with Crippen LogP contribution in [0, 0.1) is 0 Å². The molecule has 0 bridgehead atoms. The second-order valence-electron chi connectivity index (χ2n) is 4.83. The fourth-order valence-corrected chi connectivity index (χ4v) is 1.50. The molecule has 0 saturated heterocycles. The molecule has 102 valence electrons. The molecule has 0 rings (SSSR count). The number of methoxy groups -OCH3 is 1. The Morgan fingerprint density at radius 3 is 2.65 bits per heavy atom. The topological polar surface area (TPSA) is 58.6 Å². The smallest absolute Gasteiger partial charge is 0.220 e. The maximum atomic E-state index is 11.5. The van der Waals surface area contributed by atoms with Crippen LogP contribution in [-0.2, 0) is 9.53 Å². The molecular formula is C13H27NO3. The minimum atomic E-state index is -0.880. The van der Waals surface area contributed by atoms with Crippen LogP contribution in [-0.4, -0.2) is 36.9 Å². The highest BCUT2D eigenvalue weighted by molar-refractivity contribution is 5.75. The molecule has 0 spiro atoms. The van der Waals surface area contributed by atoms with Crippen molar-refractivity contribution in [3.05, 3.63) is 0 Å². The van der Waals surface area contributed by atoms with Gasteiger partial charge in [0.2, 0.25) is 5.91 Å². The quantitative estimate of drug-likeness (QED) is 0.578. The minimum Gasteiger partial charge on any atom is -0.388 e. The van der Waals surface area contributed by atoms with Gasteiger partial charge in [0.05, 0.1) is 5.60 Å². The lowest BCUT2D eigenvalue weighted by atomic mass is 10.0. The number of carbonyl (C=O) groups excluding carboxylic acids is 1. The van der Waals surface area contributed by atoms with E-state index in [2.05, 4.69) is 12.2 Å². The van der Waals surface area contributed by atoms with E-state index in [0.717, 1.165) is 12.8 Å². The lowest BCUT2D eigenvalue weighted by Gasteiger charge is -2.23. The van der Waals surface area contributed by atoms with Gasteiger partial charge in [-0.15, -0.1) is 0 Å². The Kier molecular flexibility index (Phi) is 9.09. The van der Waals surface area contributed by atoms with E-state index < -0.39 is 5.60 Å². The minimum absolute atomic E-state index is 0.0267. The summed E-state index contributed by atoms with van der Waals surface area (Å²) in [7, 11) is 1.60. The van der Waals surface area contributed by atoms with E-state index in [1.807, 2.05) is 0 Å². The normalized spacial score (nSPS) is 14.4. The van der Waals surface area contributed by atoms with Crippen LogP contribution in [0.25, 0.3) is 0 Å². The van der Waals surface area contributed by atoms with E-state index in [1.54, 1.807) is 14.0 Å². The third-order valence-electron chi connectivity index (χ3n) is 2.77. The van der Waals surface area contributed by atoms with Crippen LogP contribution >= 0.6 is 0 Å². The molecule has 1 amide bonds. The summed E-state index contributed by atoms with van der Waals surface area (Å²) in [4.78, 5) is 11.5. The summed E-state index contributed by atoms with van der Waals surface area (Å²) in [6.07, 6.45) is 5.47. The Morgan fingerprint density at radius 2 is 2.06 bits per heavy atom. The molecule has 17 heavy (non-hydrogen) atoms. The van der Waals surface area contributed by atoms with Crippen LogP contribution in [0.1, 0.15) is 52.4 Å². The second kappa shape index (κ2) is 9.42. The summed E-state index contributed by atoms with van der Waals surface area (Å²) in [5.41, 5.74) is -0.880. The molecule has 0 aromatic heterocycles. The number of rotatable bonds is 10. The van der Waals surface area contributed by atoms with Gasteiger partial charge in [-0.25, -0.2) is 0 Å². The molecule has 1 unspecified atom stereocenters. The van der Waals surface area contributed by atoms with Crippen LogP contribution in [0.15, 0.2) is 0 Å². The largest absolute Gasteiger partial charge is 0.388 e. The zero-order valence-electron chi connectivity index (χ0n) is 11.4. The Bertz CT molecular complexity index is 205. The Balaban J connectivity index is 3.60. The first-order chi connectivity index (χ1) is 8.02. The summed E-state index contributed by atoms with van der Waals surface area (Å²) >= 11 is 0. The molecule has 0 aliphatic heterocycles. The van der Waals surface area contributed by atoms with Crippen molar-refractivity contribution < 1.29 is 14.6 Å². The maximum Gasteiger partial charge on any atom is 0.220 e. The van der Waals surface area contributed by atoms with Gasteiger partial charge in [-0.1, -0.05) is 26.2 Å². The predicted octanol–water partition coefficient (Wildman–Crippen LogP) is 1.86. The van der Waals surface area contributed by atoms with Crippen molar-refractivity contribution in [1.29, 1.82) is 0 Å². The van der Waals surface area contributed by atoms with Crippen LogP contribution in [0.2, 0.25) is 0 Å². The van der Waals surface area contributed by atoms with Crippen molar-refractivity contribution in [1.82, 2.24) is 5.32 Å². The zero-order valence-corrected chi connectivity index (χ0v) is 11.4. The fourth-order valence-electron chi connectivity index (χ4n) is 1.50. The summed E-state index contributed by atoms with van der Waals surface area (Å²) in [6, 6.07) is 0. The van der Waals surface area contributed by atoms with E-state index in [-0.39, 0.29) is 5.91 Å². The number of aliphatic hydroxyl groups is 1. The molecule has 2 N–H and O–H groups in total. The SMILES string of the molecule is CCCCCCC(=O)NCC(C)(O)CCOC. The third-order valence-corrected chi connectivity index (χ3v) is 2.77. The Hall–Kier alpha value is -0.610. The Labute approximate surface area is 105 Å². The van der Waals surface area contributed by atoms with Crippen LogP contribution in [0.5, 0.6) is 0 Å². The molecule has 4 heteroatoms. The summed E-state index contributed by atoms with van der Waals surface area (Å²) in [6.45, 7) is 4.65. The standard InChI is InChI=1S/C13H27NO3/c1-4-5-6-7-8-12(15)14-11-13(2,16)9-10-17-3/h16H,4-11H2,1-3H3,(H,14,15). The zero-order chi connectivity index (χ0) is 13.1. The van der Waals surface area contributed by atoms with Gasteiger partial charge in [0.25, 0.3) is 0 Å². The van der Waals surface area contributed by atoms with E-state index in [4.69, 9.17) is 4.74 Å². The average Bonchev–Trinajstić information content (AvgIpc) is 2.30. The fraction of sp³-hybridized carbons (Fsp3) is 0.923.